The smallest absolute Gasteiger partial charge is 0.227 e. The van der Waals surface area contributed by atoms with Crippen molar-refractivity contribution in [3.63, 3.8) is 0 Å². The number of carbonyl (C=O) groups is 1. The molecule has 5 heteroatoms. The molecular formula is C15H19NO3S. The van der Waals surface area contributed by atoms with Gasteiger partial charge in [0.1, 0.15) is 0 Å². The maximum atomic E-state index is 12.1. The molecule has 1 aromatic rings. The van der Waals surface area contributed by atoms with Crippen molar-refractivity contribution in [3.05, 3.63) is 29.8 Å². The van der Waals surface area contributed by atoms with Gasteiger partial charge in [0.25, 0.3) is 0 Å². The number of hydrogen-bond donors (Lipinski definition) is 0. The minimum absolute atomic E-state index is 0.0303. The van der Waals surface area contributed by atoms with Crippen LogP contribution in [0.25, 0.3) is 0 Å². The van der Waals surface area contributed by atoms with Crippen molar-refractivity contribution in [2.75, 3.05) is 16.4 Å². The summed E-state index contributed by atoms with van der Waals surface area (Å²) in [6, 6.07) is 7.73. The summed E-state index contributed by atoms with van der Waals surface area (Å²) in [5.74, 6) is 0.724. The van der Waals surface area contributed by atoms with Crippen LogP contribution in [0, 0.1) is 5.92 Å². The highest BCUT2D eigenvalue weighted by Crippen LogP contribution is 2.37. The zero-order valence-electron chi connectivity index (χ0n) is 11.7. The van der Waals surface area contributed by atoms with Crippen molar-refractivity contribution in [1.82, 2.24) is 0 Å². The molecule has 2 aliphatic heterocycles. The fourth-order valence-electron chi connectivity index (χ4n) is 3.24. The molecule has 4 nitrogen and oxygen atoms in total. The van der Waals surface area contributed by atoms with Crippen molar-refractivity contribution in [3.8, 4) is 0 Å². The molecule has 2 atom stereocenters. The molecule has 2 aliphatic rings. The zero-order valence-corrected chi connectivity index (χ0v) is 12.6. The van der Waals surface area contributed by atoms with Crippen LogP contribution in [0.2, 0.25) is 0 Å². The second kappa shape index (κ2) is 4.58. The molecule has 108 valence electrons. The van der Waals surface area contributed by atoms with Crippen LogP contribution in [0.5, 0.6) is 0 Å². The zero-order chi connectivity index (χ0) is 14.5. The van der Waals surface area contributed by atoms with Crippen molar-refractivity contribution >= 4 is 21.4 Å². The first-order chi connectivity index (χ1) is 9.37. The Morgan fingerprint density at radius 3 is 2.40 bits per heavy atom. The summed E-state index contributed by atoms with van der Waals surface area (Å²) < 4.78 is 23.5. The quantitative estimate of drug-likeness (QED) is 0.837. The molecule has 0 bridgehead atoms. The Bertz CT molecular complexity index is 634. The van der Waals surface area contributed by atoms with E-state index < -0.39 is 9.84 Å². The van der Waals surface area contributed by atoms with E-state index in [2.05, 4.69) is 13.8 Å². The molecule has 0 N–H and O–H groups in total. The molecule has 2 heterocycles. The lowest BCUT2D eigenvalue weighted by molar-refractivity contribution is -0.117. The van der Waals surface area contributed by atoms with E-state index in [-0.39, 0.29) is 29.4 Å². The maximum Gasteiger partial charge on any atom is 0.227 e. The van der Waals surface area contributed by atoms with Gasteiger partial charge in [0.05, 0.1) is 17.5 Å². The molecule has 2 saturated heterocycles. The third-order valence-corrected chi connectivity index (χ3v) is 6.10. The minimum Gasteiger partial charge on any atom is -0.308 e. The number of fused-ring (bicyclic) bond motifs is 1. The van der Waals surface area contributed by atoms with Gasteiger partial charge in [-0.25, -0.2) is 8.42 Å². The predicted octanol–water partition coefficient (Wildman–Crippen LogP) is 1.96. The summed E-state index contributed by atoms with van der Waals surface area (Å²) in [4.78, 5) is 13.8. The van der Waals surface area contributed by atoms with Gasteiger partial charge in [0.2, 0.25) is 5.91 Å². The third-order valence-electron chi connectivity index (χ3n) is 4.31. The molecule has 1 amide bonds. The Morgan fingerprint density at radius 2 is 1.80 bits per heavy atom. The van der Waals surface area contributed by atoms with Crippen LogP contribution in [0.15, 0.2) is 24.3 Å². The summed E-state index contributed by atoms with van der Waals surface area (Å²) in [6.07, 6.45) is 0.357. The average Bonchev–Trinajstić information content (AvgIpc) is 2.79. The van der Waals surface area contributed by atoms with Crippen LogP contribution >= 0.6 is 0 Å². The molecule has 3 rings (SSSR count). The summed E-state index contributed by atoms with van der Waals surface area (Å²) in [7, 11) is -2.99. The van der Waals surface area contributed by atoms with E-state index in [1.807, 2.05) is 24.3 Å². The monoisotopic (exact) mass is 293 g/mol. The van der Waals surface area contributed by atoms with Crippen LogP contribution in [0.4, 0.5) is 5.69 Å². The highest BCUT2D eigenvalue weighted by molar-refractivity contribution is 7.91. The lowest BCUT2D eigenvalue weighted by Crippen LogP contribution is -2.36. The second-order valence-electron chi connectivity index (χ2n) is 6.12. The highest BCUT2D eigenvalue weighted by atomic mass is 32.2. The van der Waals surface area contributed by atoms with Gasteiger partial charge in [-0.2, -0.15) is 0 Å². The number of amides is 1. The van der Waals surface area contributed by atoms with Gasteiger partial charge in [0.15, 0.2) is 9.84 Å². The van der Waals surface area contributed by atoms with Crippen LogP contribution in [0.1, 0.15) is 31.7 Å². The number of sulfone groups is 1. The predicted molar refractivity (Wildman–Crippen MR) is 78.6 cm³/mol. The SMILES string of the molecule is CC(C)c1ccc(N2C(=O)CC3CS(=O)(=O)CC32)cc1. The summed E-state index contributed by atoms with van der Waals surface area (Å²) >= 11 is 0. The van der Waals surface area contributed by atoms with Gasteiger partial charge in [-0.3, -0.25) is 4.79 Å². The lowest BCUT2D eigenvalue weighted by Gasteiger charge is -2.23. The molecule has 0 saturated carbocycles. The minimum atomic E-state index is -2.99. The Labute approximate surface area is 119 Å². The summed E-state index contributed by atoms with van der Waals surface area (Å²) in [6.45, 7) is 4.24. The highest BCUT2D eigenvalue weighted by Gasteiger charge is 2.49. The van der Waals surface area contributed by atoms with E-state index in [0.717, 1.165) is 5.69 Å². The Kier molecular flexibility index (Phi) is 3.12. The van der Waals surface area contributed by atoms with E-state index in [1.165, 1.54) is 5.56 Å². The molecule has 0 aromatic heterocycles. The first-order valence-corrected chi connectivity index (χ1v) is 8.82. The number of nitrogens with zero attached hydrogens (tertiary/aromatic N) is 1. The fourth-order valence-corrected chi connectivity index (χ4v) is 5.31. The standard InChI is InChI=1S/C15H19NO3S/c1-10(2)11-3-5-13(6-4-11)16-14-9-20(18,19)8-12(14)7-15(16)17/h3-6,10,12,14H,7-9H2,1-2H3. The van der Waals surface area contributed by atoms with Gasteiger partial charge < -0.3 is 4.90 Å². The first-order valence-electron chi connectivity index (χ1n) is 7.00. The number of anilines is 1. The van der Waals surface area contributed by atoms with E-state index in [4.69, 9.17) is 0 Å². The number of hydrogen-bond acceptors (Lipinski definition) is 3. The molecule has 2 fully saturated rings. The number of carbonyl (C=O) groups excluding carboxylic acids is 1. The van der Waals surface area contributed by atoms with Crippen LogP contribution in [-0.4, -0.2) is 31.9 Å². The maximum absolute atomic E-state index is 12.1. The average molecular weight is 293 g/mol. The van der Waals surface area contributed by atoms with Gasteiger partial charge in [-0.15, -0.1) is 0 Å². The Balaban J connectivity index is 1.91. The van der Waals surface area contributed by atoms with E-state index in [0.29, 0.717) is 12.3 Å². The molecule has 20 heavy (non-hydrogen) atoms. The van der Waals surface area contributed by atoms with E-state index in [9.17, 15) is 13.2 Å². The third kappa shape index (κ3) is 2.24. The molecule has 2 unspecified atom stereocenters. The van der Waals surface area contributed by atoms with Crippen LogP contribution < -0.4 is 4.90 Å². The number of benzene rings is 1. The Hall–Kier alpha value is -1.36. The second-order valence-corrected chi connectivity index (χ2v) is 8.27. The summed E-state index contributed by atoms with van der Waals surface area (Å²) in [5.41, 5.74) is 2.04. The Morgan fingerprint density at radius 1 is 1.15 bits per heavy atom. The van der Waals surface area contributed by atoms with E-state index in [1.54, 1.807) is 4.90 Å². The van der Waals surface area contributed by atoms with E-state index >= 15 is 0 Å². The van der Waals surface area contributed by atoms with Crippen molar-refractivity contribution in [1.29, 1.82) is 0 Å². The topological polar surface area (TPSA) is 54.5 Å². The van der Waals surface area contributed by atoms with Crippen molar-refractivity contribution in [2.24, 2.45) is 5.92 Å². The summed E-state index contributed by atoms with van der Waals surface area (Å²) in [5, 5.41) is 0. The largest absolute Gasteiger partial charge is 0.308 e. The van der Waals surface area contributed by atoms with Gasteiger partial charge in [-0.05, 0) is 23.6 Å². The molecule has 1 aromatic carbocycles. The van der Waals surface area contributed by atoms with Gasteiger partial charge >= 0.3 is 0 Å². The van der Waals surface area contributed by atoms with Crippen LogP contribution in [-0.2, 0) is 14.6 Å². The fraction of sp³-hybridized carbons (Fsp3) is 0.533. The number of rotatable bonds is 2. The first kappa shape index (κ1) is 13.6. The molecule has 0 aliphatic carbocycles. The van der Waals surface area contributed by atoms with Crippen LogP contribution in [0.3, 0.4) is 0 Å². The lowest BCUT2D eigenvalue weighted by atomic mass is 10.0. The molecule has 0 radical (unpaired) electrons. The molecule has 0 spiro atoms. The van der Waals surface area contributed by atoms with Gasteiger partial charge in [-0.1, -0.05) is 26.0 Å². The normalized spacial score (nSPS) is 28.1. The molecular weight excluding hydrogens is 274 g/mol. The van der Waals surface area contributed by atoms with Crippen molar-refractivity contribution in [2.45, 2.75) is 32.2 Å². The van der Waals surface area contributed by atoms with Crippen molar-refractivity contribution < 1.29 is 13.2 Å². The van der Waals surface area contributed by atoms with Gasteiger partial charge in [0, 0.05) is 18.0 Å².